The smallest absolute Gasteiger partial charge is 0.328 e. The van der Waals surface area contributed by atoms with E-state index in [2.05, 4.69) is 4.98 Å². The number of nitro benzene ring substituents is 1. The topological polar surface area (TPSA) is 98.3 Å². The van der Waals surface area contributed by atoms with Crippen molar-refractivity contribution in [2.45, 2.75) is 13.3 Å². The Hall–Kier alpha value is -2.96. The largest absolute Gasteiger partial charge is 0.478 e. The van der Waals surface area contributed by atoms with Crippen molar-refractivity contribution in [3.05, 3.63) is 58.2 Å². The normalized spacial score (nSPS) is 10.9. The highest BCUT2D eigenvalue weighted by atomic mass is 16.6. The van der Waals surface area contributed by atoms with E-state index < -0.39 is 10.9 Å². The van der Waals surface area contributed by atoms with Crippen molar-refractivity contribution in [1.82, 2.24) is 9.55 Å². The molecule has 21 heavy (non-hydrogen) atoms. The molecule has 1 heterocycles. The van der Waals surface area contributed by atoms with E-state index in [1.54, 1.807) is 23.0 Å². The number of carboxylic acids is 1. The van der Waals surface area contributed by atoms with Gasteiger partial charge in [0.15, 0.2) is 0 Å². The third kappa shape index (κ3) is 3.14. The van der Waals surface area contributed by atoms with Gasteiger partial charge in [0, 0.05) is 42.6 Å². The minimum absolute atomic E-state index is 0.0954. The van der Waals surface area contributed by atoms with Crippen molar-refractivity contribution < 1.29 is 14.8 Å². The maximum atomic E-state index is 10.9. The lowest BCUT2D eigenvalue weighted by molar-refractivity contribution is -0.384. The zero-order chi connectivity index (χ0) is 15.4. The second-order valence-electron chi connectivity index (χ2n) is 4.24. The number of carbonyl (C=O) groups is 1. The molecule has 0 bridgehead atoms. The van der Waals surface area contributed by atoms with Gasteiger partial charge in [-0.05, 0) is 12.1 Å². The second kappa shape index (κ2) is 6.00. The summed E-state index contributed by atoms with van der Waals surface area (Å²) in [6, 6.07) is 4.31. The first kappa shape index (κ1) is 14.4. The summed E-state index contributed by atoms with van der Waals surface area (Å²) in [4.78, 5) is 25.2. The third-order valence-corrected chi connectivity index (χ3v) is 2.92. The van der Waals surface area contributed by atoms with Gasteiger partial charge < -0.3 is 9.67 Å². The van der Waals surface area contributed by atoms with Crippen LogP contribution in [-0.2, 0) is 11.2 Å². The van der Waals surface area contributed by atoms with E-state index in [4.69, 9.17) is 5.11 Å². The number of imidazole rings is 1. The molecule has 0 aliphatic rings. The van der Waals surface area contributed by atoms with Gasteiger partial charge >= 0.3 is 5.97 Å². The molecule has 7 heteroatoms. The van der Waals surface area contributed by atoms with E-state index in [0.29, 0.717) is 17.7 Å². The van der Waals surface area contributed by atoms with E-state index in [1.165, 1.54) is 18.2 Å². The summed E-state index contributed by atoms with van der Waals surface area (Å²) in [7, 11) is 0. The van der Waals surface area contributed by atoms with Crippen LogP contribution in [-0.4, -0.2) is 25.6 Å². The number of benzene rings is 1. The highest BCUT2D eigenvalue weighted by molar-refractivity contribution is 5.86. The Morgan fingerprint density at radius 1 is 1.52 bits per heavy atom. The molecule has 7 nitrogen and oxygen atoms in total. The molecule has 0 unspecified atom stereocenters. The van der Waals surface area contributed by atoms with Crippen LogP contribution in [0.4, 0.5) is 5.69 Å². The van der Waals surface area contributed by atoms with Gasteiger partial charge in [-0.3, -0.25) is 10.1 Å². The highest BCUT2D eigenvalue weighted by Crippen LogP contribution is 2.23. The Balaban J connectivity index is 2.59. The summed E-state index contributed by atoms with van der Waals surface area (Å²) in [5, 5.41) is 19.6. The van der Waals surface area contributed by atoms with Gasteiger partial charge in [-0.1, -0.05) is 6.92 Å². The van der Waals surface area contributed by atoms with E-state index in [0.717, 1.165) is 11.9 Å². The Morgan fingerprint density at radius 2 is 2.29 bits per heavy atom. The highest BCUT2D eigenvalue weighted by Gasteiger charge is 2.12. The molecule has 0 spiro atoms. The lowest BCUT2D eigenvalue weighted by Crippen LogP contribution is -2.02. The zero-order valence-electron chi connectivity index (χ0n) is 11.3. The van der Waals surface area contributed by atoms with Crippen molar-refractivity contribution in [1.29, 1.82) is 0 Å². The number of non-ortho nitro benzene ring substituents is 1. The van der Waals surface area contributed by atoms with Crippen LogP contribution in [0.5, 0.6) is 0 Å². The minimum atomic E-state index is -1.12. The molecule has 0 atom stereocenters. The number of aryl methyl sites for hydroxylation is 1. The summed E-state index contributed by atoms with van der Waals surface area (Å²) in [6.07, 6.45) is 6.34. The number of carboxylic acid groups (broad SMARTS) is 1. The van der Waals surface area contributed by atoms with Gasteiger partial charge in [0.25, 0.3) is 5.69 Å². The Labute approximate surface area is 120 Å². The fourth-order valence-electron chi connectivity index (χ4n) is 1.98. The quantitative estimate of drug-likeness (QED) is 0.517. The zero-order valence-corrected chi connectivity index (χ0v) is 11.3. The molecule has 108 valence electrons. The first-order valence-electron chi connectivity index (χ1n) is 6.25. The molecule has 0 radical (unpaired) electrons. The Bertz CT molecular complexity index is 719. The first-order chi connectivity index (χ1) is 10.0. The lowest BCUT2D eigenvalue weighted by atomic mass is 10.1. The summed E-state index contributed by atoms with van der Waals surface area (Å²) in [6.45, 7) is 1.94. The third-order valence-electron chi connectivity index (χ3n) is 2.92. The molecule has 0 aliphatic heterocycles. The molecule has 0 saturated carbocycles. The van der Waals surface area contributed by atoms with Crippen LogP contribution in [0.15, 0.2) is 36.7 Å². The second-order valence-corrected chi connectivity index (χ2v) is 4.24. The standard InChI is InChI=1S/C14H13N3O4/c1-2-13-15-7-8-16(13)12-5-4-11(17(20)21)9-10(12)3-6-14(18)19/h3-9H,2H2,1H3,(H,18,19). The monoisotopic (exact) mass is 287 g/mol. The van der Waals surface area contributed by atoms with Crippen LogP contribution in [0, 0.1) is 10.1 Å². The Morgan fingerprint density at radius 3 is 2.90 bits per heavy atom. The molecule has 2 aromatic rings. The molecule has 1 N–H and O–H groups in total. The average Bonchev–Trinajstić information content (AvgIpc) is 2.92. The predicted molar refractivity (Wildman–Crippen MR) is 76.3 cm³/mol. The van der Waals surface area contributed by atoms with E-state index in [-0.39, 0.29) is 5.69 Å². The molecule has 1 aromatic heterocycles. The van der Waals surface area contributed by atoms with Crippen molar-refractivity contribution in [2.75, 3.05) is 0 Å². The number of nitrogens with zero attached hydrogens (tertiary/aromatic N) is 3. The van der Waals surface area contributed by atoms with Crippen molar-refractivity contribution in [3.8, 4) is 5.69 Å². The number of rotatable bonds is 5. The SMILES string of the molecule is CCc1nccn1-c1ccc([N+](=O)[O-])cc1C=CC(=O)O. The van der Waals surface area contributed by atoms with Gasteiger partial charge in [0.1, 0.15) is 5.82 Å². The van der Waals surface area contributed by atoms with Gasteiger partial charge in [-0.15, -0.1) is 0 Å². The number of hydrogen-bond donors (Lipinski definition) is 1. The number of nitro groups is 1. The summed E-state index contributed by atoms with van der Waals surface area (Å²) >= 11 is 0. The van der Waals surface area contributed by atoms with Crippen LogP contribution in [0.25, 0.3) is 11.8 Å². The predicted octanol–water partition coefficient (Wildman–Crippen LogP) is 2.44. The van der Waals surface area contributed by atoms with Crippen LogP contribution in [0.2, 0.25) is 0 Å². The summed E-state index contributed by atoms with van der Waals surface area (Å²) in [5.74, 6) is -0.331. The molecular weight excluding hydrogens is 274 g/mol. The van der Waals surface area contributed by atoms with E-state index in [9.17, 15) is 14.9 Å². The Kier molecular flexibility index (Phi) is 4.13. The first-order valence-corrected chi connectivity index (χ1v) is 6.25. The summed E-state index contributed by atoms with van der Waals surface area (Å²) in [5.41, 5.74) is 0.994. The fourth-order valence-corrected chi connectivity index (χ4v) is 1.98. The number of aliphatic carboxylic acids is 1. The van der Waals surface area contributed by atoms with Gasteiger partial charge in [-0.2, -0.15) is 0 Å². The maximum Gasteiger partial charge on any atom is 0.328 e. The van der Waals surface area contributed by atoms with Gasteiger partial charge in [0.05, 0.1) is 10.6 Å². The molecule has 0 fully saturated rings. The van der Waals surface area contributed by atoms with Crippen LogP contribution < -0.4 is 0 Å². The maximum absolute atomic E-state index is 10.9. The van der Waals surface area contributed by atoms with Crippen molar-refractivity contribution >= 4 is 17.7 Å². The average molecular weight is 287 g/mol. The molecule has 1 aromatic carbocycles. The van der Waals surface area contributed by atoms with E-state index in [1.807, 2.05) is 6.92 Å². The van der Waals surface area contributed by atoms with Crippen LogP contribution in [0.1, 0.15) is 18.3 Å². The molecule has 0 aliphatic carbocycles. The van der Waals surface area contributed by atoms with Crippen molar-refractivity contribution in [2.24, 2.45) is 0 Å². The molecule has 0 amide bonds. The fraction of sp³-hybridized carbons (Fsp3) is 0.143. The van der Waals surface area contributed by atoms with Gasteiger partial charge in [-0.25, -0.2) is 9.78 Å². The van der Waals surface area contributed by atoms with Crippen LogP contribution >= 0.6 is 0 Å². The lowest BCUT2D eigenvalue weighted by Gasteiger charge is -2.10. The van der Waals surface area contributed by atoms with Crippen molar-refractivity contribution in [3.63, 3.8) is 0 Å². The molecule has 2 rings (SSSR count). The minimum Gasteiger partial charge on any atom is -0.478 e. The number of aromatic nitrogens is 2. The molecule has 0 saturated heterocycles. The number of hydrogen-bond acceptors (Lipinski definition) is 4. The van der Waals surface area contributed by atoms with Gasteiger partial charge in [0.2, 0.25) is 0 Å². The molecular formula is C14H13N3O4. The summed E-state index contributed by atoms with van der Waals surface area (Å²) < 4.78 is 1.78. The van der Waals surface area contributed by atoms with Crippen LogP contribution in [0.3, 0.4) is 0 Å². The van der Waals surface area contributed by atoms with E-state index >= 15 is 0 Å².